The van der Waals surface area contributed by atoms with Gasteiger partial charge in [-0.2, -0.15) is 0 Å². The monoisotopic (exact) mass is 285 g/mol. The first-order valence-electron chi connectivity index (χ1n) is 7.31. The van der Waals surface area contributed by atoms with Crippen LogP contribution in [0.3, 0.4) is 0 Å². The number of likely N-dealkylation sites (N-methyl/N-ethyl adjacent to an activating group) is 1. The lowest BCUT2D eigenvalue weighted by molar-refractivity contribution is 0.0422. The van der Waals surface area contributed by atoms with Crippen molar-refractivity contribution in [2.45, 2.75) is 31.0 Å². The standard InChI is InChI=1S/C17H19NOS/c1-18-10-12-9-15-13-5-3-2-4-11(13)8-16-14(6-7-20-16)17(15)19-12/h2-7,12,15,17-18H,8-10H2,1H3. The van der Waals surface area contributed by atoms with Crippen molar-refractivity contribution in [2.24, 2.45) is 0 Å². The Kier molecular flexibility index (Phi) is 3.14. The lowest BCUT2D eigenvalue weighted by Gasteiger charge is -2.17. The predicted octanol–water partition coefficient (Wildman–Crippen LogP) is 3.49. The van der Waals surface area contributed by atoms with Crippen LogP contribution in [0.4, 0.5) is 0 Å². The molecule has 1 aliphatic heterocycles. The molecule has 3 heteroatoms. The van der Waals surface area contributed by atoms with Crippen LogP contribution in [0.2, 0.25) is 0 Å². The van der Waals surface area contributed by atoms with E-state index in [1.54, 1.807) is 0 Å². The van der Waals surface area contributed by atoms with Crippen molar-refractivity contribution in [1.29, 1.82) is 0 Å². The van der Waals surface area contributed by atoms with Gasteiger partial charge >= 0.3 is 0 Å². The smallest absolute Gasteiger partial charge is 0.0909 e. The van der Waals surface area contributed by atoms with Gasteiger partial charge in [-0.15, -0.1) is 11.3 Å². The molecule has 1 fully saturated rings. The molecule has 2 nitrogen and oxygen atoms in total. The summed E-state index contributed by atoms with van der Waals surface area (Å²) in [4.78, 5) is 1.48. The van der Waals surface area contributed by atoms with Gasteiger partial charge < -0.3 is 10.1 Å². The van der Waals surface area contributed by atoms with Gasteiger partial charge in [-0.05, 0) is 41.6 Å². The average Bonchev–Trinajstić information content (AvgIpc) is 3.04. The molecule has 4 rings (SSSR count). The highest BCUT2D eigenvalue weighted by atomic mass is 32.1. The minimum Gasteiger partial charge on any atom is -0.368 e. The number of rotatable bonds is 2. The van der Waals surface area contributed by atoms with Crippen molar-refractivity contribution >= 4 is 11.3 Å². The summed E-state index contributed by atoms with van der Waals surface area (Å²) in [6.07, 6.45) is 2.76. The number of thiophene rings is 1. The third-order valence-electron chi connectivity index (χ3n) is 4.55. The van der Waals surface area contributed by atoms with E-state index >= 15 is 0 Å². The molecule has 104 valence electrons. The Labute approximate surface area is 123 Å². The Bertz CT molecular complexity index is 621. The fourth-order valence-corrected chi connectivity index (χ4v) is 4.62. The highest BCUT2D eigenvalue weighted by Crippen LogP contribution is 2.49. The molecule has 0 amide bonds. The summed E-state index contributed by atoms with van der Waals surface area (Å²) in [7, 11) is 2.00. The third-order valence-corrected chi connectivity index (χ3v) is 5.48. The number of ether oxygens (including phenoxy) is 1. The minimum absolute atomic E-state index is 0.248. The zero-order chi connectivity index (χ0) is 13.5. The first-order valence-corrected chi connectivity index (χ1v) is 8.19. The van der Waals surface area contributed by atoms with Crippen molar-refractivity contribution in [3.8, 4) is 0 Å². The van der Waals surface area contributed by atoms with Gasteiger partial charge in [0.05, 0.1) is 12.2 Å². The summed E-state index contributed by atoms with van der Waals surface area (Å²) < 4.78 is 6.37. The molecule has 2 aromatic rings. The van der Waals surface area contributed by atoms with Crippen molar-refractivity contribution in [3.05, 3.63) is 57.3 Å². The maximum Gasteiger partial charge on any atom is 0.0909 e. The van der Waals surface area contributed by atoms with Crippen molar-refractivity contribution < 1.29 is 4.74 Å². The van der Waals surface area contributed by atoms with Gasteiger partial charge in [-0.1, -0.05) is 24.3 Å². The molecule has 0 saturated carbocycles. The molecule has 2 aliphatic rings. The number of benzene rings is 1. The van der Waals surface area contributed by atoms with Crippen molar-refractivity contribution in [3.63, 3.8) is 0 Å². The van der Waals surface area contributed by atoms with E-state index < -0.39 is 0 Å². The van der Waals surface area contributed by atoms with Gasteiger partial charge in [0.1, 0.15) is 0 Å². The maximum absolute atomic E-state index is 6.37. The molecule has 1 aliphatic carbocycles. The van der Waals surface area contributed by atoms with E-state index in [4.69, 9.17) is 4.74 Å². The molecule has 1 aromatic carbocycles. The normalized spacial score (nSPS) is 27.6. The van der Waals surface area contributed by atoms with Crippen LogP contribution in [0, 0.1) is 0 Å². The van der Waals surface area contributed by atoms with E-state index in [0.29, 0.717) is 12.0 Å². The summed E-state index contributed by atoms with van der Waals surface area (Å²) >= 11 is 1.87. The molecule has 1 saturated heterocycles. The van der Waals surface area contributed by atoms with Gasteiger partial charge in [0, 0.05) is 23.8 Å². The second-order valence-electron chi connectivity index (χ2n) is 5.75. The molecule has 3 atom stereocenters. The van der Waals surface area contributed by atoms with Crippen LogP contribution < -0.4 is 5.32 Å². The summed E-state index contributed by atoms with van der Waals surface area (Å²) in [5.41, 5.74) is 4.41. The molecule has 0 spiro atoms. The van der Waals surface area contributed by atoms with Gasteiger partial charge in [-0.3, -0.25) is 0 Å². The fraction of sp³-hybridized carbons (Fsp3) is 0.412. The second kappa shape index (κ2) is 4.99. The third kappa shape index (κ3) is 1.93. The SMILES string of the molecule is CNCC1CC2c3ccccc3Cc3sccc3C2O1. The second-order valence-corrected chi connectivity index (χ2v) is 6.75. The Morgan fingerprint density at radius 1 is 1.25 bits per heavy atom. The highest BCUT2D eigenvalue weighted by Gasteiger charge is 2.40. The van der Waals surface area contributed by atoms with Crippen LogP contribution in [-0.4, -0.2) is 19.7 Å². The molecule has 20 heavy (non-hydrogen) atoms. The van der Waals surface area contributed by atoms with Crippen LogP contribution in [0.25, 0.3) is 0 Å². The first kappa shape index (κ1) is 12.6. The van der Waals surface area contributed by atoms with Gasteiger partial charge in [0.2, 0.25) is 0 Å². The van der Waals surface area contributed by atoms with Crippen molar-refractivity contribution in [2.75, 3.05) is 13.6 Å². The van der Waals surface area contributed by atoms with Gasteiger partial charge in [-0.25, -0.2) is 0 Å². The number of fused-ring (bicyclic) bond motifs is 5. The molecule has 0 radical (unpaired) electrons. The molecule has 1 aromatic heterocycles. The average molecular weight is 285 g/mol. The largest absolute Gasteiger partial charge is 0.368 e. The van der Waals surface area contributed by atoms with Gasteiger partial charge in [0.15, 0.2) is 0 Å². The first-order chi connectivity index (χ1) is 9.86. The predicted molar refractivity (Wildman–Crippen MR) is 82.5 cm³/mol. The molecule has 2 heterocycles. The summed E-state index contributed by atoms with van der Waals surface area (Å²) in [6.45, 7) is 0.939. The lowest BCUT2D eigenvalue weighted by Crippen LogP contribution is -2.23. The topological polar surface area (TPSA) is 21.3 Å². The fourth-order valence-electron chi connectivity index (χ4n) is 3.68. The van der Waals surface area contributed by atoms with E-state index in [1.807, 2.05) is 18.4 Å². The van der Waals surface area contributed by atoms with Crippen LogP contribution >= 0.6 is 11.3 Å². The molecule has 0 bridgehead atoms. The van der Waals surface area contributed by atoms with E-state index in [1.165, 1.54) is 21.6 Å². The Balaban J connectivity index is 1.80. The Morgan fingerprint density at radius 2 is 2.15 bits per heavy atom. The highest BCUT2D eigenvalue weighted by molar-refractivity contribution is 7.10. The van der Waals surface area contributed by atoms with E-state index in [2.05, 4.69) is 41.0 Å². The molecular weight excluding hydrogens is 266 g/mol. The van der Waals surface area contributed by atoms with Crippen LogP contribution in [0.15, 0.2) is 35.7 Å². The summed E-state index contributed by atoms with van der Waals surface area (Å²) in [5, 5.41) is 5.47. The van der Waals surface area contributed by atoms with Crippen LogP contribution in [-0.2, 0) is 11.2 Å². The molecule has 3 unspecified atom stereocenters. The molecular formula is C17H19NOS. The minimum atomic E-state index is 0.248. The van der Waals surface area contributed by atoms with Crippen LogP contribution in [0.1, 0.15) is 40.0 Å². The van der Waals surface area contributed by atoms with E-state index in [-0.39, 0.29) is 6.10 Å². The van der Waals surface area contributed by atoms with E-state index in [9.17, 15) is 0 Å². The Morgan fingerprint density at radius 3 is 3.05 bits per heavy atom. The quantitative estimate of drug-likeness (QED) is 0.912. The van der Waals surface area contributed by atoms with Gasteiger partial charge in [0.25, 0.3) is 0 Å². The Hall–Kier alpha value is -1.16. The number of hydrogen-bond acceptors (Lipinski definition) is 3. The number of hydrogen-bond donors (Lipinski definition) is 1. The van der Waals surface area contributed by atoms with E-state index in [0.717, 1.165) is 19.4 Å². The summed E-state index contributed by atoms with van der Waals surface area (Å²) in [5.74, 6) is 0.514. The van der Waals surface area contributed by atoms with Crippen LogP contribution in [0.5, 0.6) is 0 Å². The number of nitrogens with one attached hydrogen (secondary N) is 1. The maximum atomic E-state index is 6.37. The molecule has 1 N–H and O–H groups in total. The summed E-state index contributed by atoms with van der Waals surface area (Å²) in [6, 6.07) is 11.2. The van der Waals surface area contributed by atoms with Crippen molar-refractivity contribution in [1.82, 2.24) is 5.32 Å². The lowest BCUT2D eigenvalue weighted by atomic mass is 9.87. The zero-order valence-electron chi connectivity index (χ0n) is 11.6. The zero-order valence-corrected chi connectivity index (χ0v) is 12.5.